The second kappa shape index (κ2) is 6.04. The summed E-state index contributed by atoms with van der Waals surface area (Å²) in [5.41, 5.74) is 8.13. The quantitative estimate of drug-likeness (QED) is 0.868. The number of amides is 1. The highest BCUT2D eigenvalue weighted by Gasteiger charge is 2.14. The summed E-state index contributed by atoms with van der Waals surface area (Å²) in [6, 6.07) is 5.65. The van der Waals surface area contributed by atoms with Gasteiger partial charge in [0.05, 0.1) is 13.2 Å². The SMILES string of the molecule is CN(C)c1cc(C(N)=O)ccc1CN1CCOCC1. The van der Waals surface area contributed by atoms with E-state index in [1.54, 1.807) is 6.07 Å². The van der Waals surface area contributed by atoms with Crippen molar-refractivity contribution in [3.8, 4) is 0 Å². The number of hydrogen-bond donors (Lipinski definition) is 1. The zero-order chi connectivity index (χ0) is 13.8. The van der Waals surface area contributed by atoms with E-state index < -0.39 is 0 Å². The first-order chi connectivity index (χ1) is 9.08. The van der Waals surface area contributed by atoms with Gasteiger partial charge in [-0.15, -0.1) is 0 Å². The lowest BCUT2D eigenvalue weighted by atomic mass is 10.1. The highest BCUT2D eigenvalue weighted by atomic mass is 16.5. The van der Waals surface area contributed by atoms with Crippen molar-refractivity contribution in [2.75, 3.05) is 45.3 Å². The van der Waals surface area contributed by atoms with E-state index in [-0.39, 0.29) is 5.91 Å². The lowest BCUT2D eigenvalue weighted by Crippen LogP contribution is -2.36. The van der Waals surface area contributed by atoms with Crippen molar-refractivity contribution >= 4 is 11.6 Å². The van der Waals surface area contributed by atoms with Gasteiger partial charge in [0.2, 0.25) is 5.91 Å². The van der Waals surface area contributed by atoms with Gasteiger partial charge in [0, 0.05) is 45.0 Å². The normalized spacial score (nSPS) is 16.3. The number of morpholine rings is 1. The number of nitrogens with zero attached hydrogens (tertiary/aromatic N) is 2. The standard InChI is InChI=1S/C14H21N3O2/c1-16(2)13-9-11(14(15)18)3-4-12(13)10-17-5-7-19-8-6-17/h3-4,9H,5-8,10H2,1-2H3,(H2,15,18). The molecule has 2 N–H and O–H groups in total. The Morgan fingerprint density at radius 3 is 2.63 bits per heavy atom. The summed E-state index contributed by atoms with van der Waals surface area (Å²) in [6.07, 6.45) is 0. The summed E-state index contributed by atoms with van der Waals surface area (Å²) in [7, 11) is 3.95. The molecule has 0 unspecified atom stereocenters. The first kappa shape index (κ1) is 13.8. The molecule has 0 bridgehead atoms. The predicted octanol–water partition coefficient (Wildman–Crippen LogP) is 0.684. The number of anilines is 1. The predicted molar refractivity (Wildman–Crippen MR) is 75.4 cm³/mol. The van der Waals surface area contributed by atoms with Gasteiger partial charge >= 0.3 is 0 Å². The van der Waals surface area contributed by atoms with Gasteiger partial charge in [-0.25, -0.2) is 0 Å². The van der Waals surface area contributed by atoms with Crippen molar-refractivity contribution in [2.24, 2.45) is 5.73 Å². The molecule has 0 atom stereocenters. The summed E-state index contributed by atoms with van der Waals surface area (Å²) in [5.74, 6) is -0.388. The monoisotopic (exact) mass is 263 g/mol. The summed E-state index contributed by atoms with van der Waals surface area (Å²) in [4.78, 5) is 15.6. The van der Waals surface area contributed by atoms with E-state index in [1.165, 1.54) is 5.56 Å². The Kier molecular flexibility index (Phi) is 4.39. The molecule has 104 valence electrons. The van der Waals surface area contributed by atoms with Gasteiger partial charge < -0.3 is 15.4 Å². The molecule has 1 aliphatic rings. The van der Waals surface area contributed by atoms with Gasteiger partial charge in [-0.2, -0.15) is 0 Å². The number of rotatable bonds is 4. The van der Waals surface area contributed by atoms with Crippen LogP contribution in [0.1, 0.15) is 15.9 Å². The highest BCUT2D eigenvalue weighted by Crippen LogP contribution is 2.22. The number of primary amides is 1. The van der Waals surface area contributed by atoms with E-state index in [9.17, 15) is 4.79 Å². The Labute approximate surface area is 113 Å². The largest absolute Gasteiger partial charge is 0.379 e. The van der Waals surface area contributed by atoms with Crippen molar-refractivity contribution in [3.63, 3.8) is 0 Å². The fraction of sp³-hybridized carbons (Fsp3) is 0.500. The molecule has 1 heterocycles. The minimum Gasteiger partial charge on any atom is -0.379 e. The van der Waals surface area contributed by atoms with E-state index >= 15 is 0 Å². The van der Waals surface area contributed by atoms with Gasteiger partial charge in [0.1, 0.15) is 0 Å². The summed E-state index contributed by atoms with van der Waals surface area (Å²) in [6.45, 7) is 4.35. The van der Waals surface area contributed by atoms with Gasteiger partial charge in [0.25, 0.3) is 0 Å². The van der Waals surface area contributed by atoms with Gasteiger partial charge in [-0.3, -0.25) is 9.69 Å². The molecule has 0 aromatic heterocycles. The number of carbonyl (C=O) groups excluding carboxylic acids is 1. The van der Waals surface area contributed by atoms with Gasteiger partial charge in [0.15, 0.2) is 0 Å². The molecule has 0 radical (unpaired) electrons. The van der Waals surface area contributed by atoms with Crippen LogP contribution in [0.4, 0.5) is 5.69 Å². The lowest BCUT2D eigenvalue weighted by Gasteiger charge is -2.28. The molecular formula is C14H21N3O2. The molecule has 0 saturated carbocycles. The van der Waals surface area contributed by atoms with Crippen molar-refractivity contribution in [1.82, 2.24) is 4.90 Å². The maximum atomic E-state index is 11.3. The van der Waals surface area contributed by atoms with Gasteiger partial charge in [-0.05, 0) is 17.7 Å². The van der Waals surface area contributed by atoms with Crippen LogP contribution in [0.3, 0.4) is 0 Å². The third kappa shape index (κ3) is 3.45. The number of ether oxygens (including phenoxy) is 1. The van der Waals surface area contributed by atoms with Crippen LogP contribution in [-0.2, 0) is 11.3 Å². The Morgan fingerprint density at radius 1 is 1.37 bits per heavy atom. The smallest absolute Gasteiger partial charge is 0.248 e. The maximum absolute atomic E-state index is 11.3. The van der Waals surface area contributed by atoms with E-state index in [0.717, 1.165) is 38.5 Å². The second-order valence-corrected chi connectivity index (χ2v) is 4.99. The van der Waals surface area contributed by atoms with Gasteiger partial charge in [-0.1, -0.05) is 6.07 Å². The molecule has 1 fully saturated rings. The maximum Gasteiger partial charge on any atom is 0.248 e. The molecule has 2 rings (SSSR count). The van der Waals surface area contributed by atoms with E-state index in [2.05, 4.69) is 4.90 Å². The molecule has 1 saturated heterocycles. The van der Waals surface area contributed by atoms with Crippen LogP contribution in [0, 0.1) is 0 Å². The molecular weight excluding hydrogens is 242 g/mol. The molecule has 19 heavy (non-hydrogen) atoms. The number of carbonyl (C=O) groups is 1. The minimum atomic E-state index is -0.388. The molecule has 1 aliphatic heterocycles. The van der Waals surface area contributed by atoms with Crippen LogP contribution < -0.4 is 10.6 Å². The Bertz CT molecular complexity index is 454. The van der Waals surface area contributed by atoms with Crippen molar-refractivity contribution in [2.45, 2.75) is 6.54 Å². The first-order valence-corrected chi connectivity index (χ1v) is 6.48. The number of hydrogen-bond acceptors (Lipinski definition) is 4. The van der Waals surface area contributed by atoms with Crippen LogP contribution in [0.5, 0.6) is 0 Å². The van der Waals surface area contributed by atoms with Crippen molar-refractivity contribution in [1.29, 1.82) is 0 Å². The average Bonchev–Trinajstić information content (AvgIpc) is 2.39. The van der Waals surface area contributed by atoms with E-state index in [1.807, 2.05) is 31.1 Å². The van der Waals surface area contributed by atoms with Crippen molar-refractivity contribution < 1.29 is 9.53 Å². The molecule has 1 amide bonds. The van der Waals surface area contributed by atoms with Crippen LogP contribution in [-0.4, -0.2) is 51.2 Å². The topological polar surface area (TPSA) is 58.8 Å². The highest BCUT2D eigenvalue weighted by molar-refractivity contribution is 5.94. The molecule has 5 nitrogen and oxygen atoms in total. The van der Waals surface area contributed by atoms with Crippen LogP contribution >= 0.6 is 0 Å². The summed E-state index contributed by atoms with van der Waals surface area (Å²) >= 11 is 0. The number of benzene rings is 1. The Hall–Kier alpha value is -1.59. The third-order valence-electron chi connectivity index (χ3n) is 3.35. The van der Waals surface area contributed by atoms with Crippen LogP contribution in [0.2, 0.25) is 0 Å². The van der Waals surface area contributed by atoms with Crippen LogP contribution in [0.15, 0.2) is 18.2 Å². The zero-order valence-electron chi connectivity index (χ0n) is 11.6. The lowest BCUT2D eigenvalue weighted by molar-refractivity contribution is 0.0342. The van der Waals surface area contributed by atoms with Crippen LogP contribution in [0.25, 0.3) is 0 Å². The third-order valence-corrected chi connectivity index (χ3v) is 3.35. The molecule has 1 aromatic rings. The summed E-state index contributed by atoms with van der Waals surface area (Å²) in [5, 5.41) is 0. The Balaban J connectivity index is 2.20. The first-order valence-electron chi connectivity index (χ1n) is 6.48. The minimum absolute atomic E-state index is 0.388. The average molecular weight is 263 g/mol. The van der Waals surface area contributed by atoms with E-state index in [0.29, 0.717) is 5.56 Å². The summed E-state index contributed by atoms with van der Waals surface area (Å²) < 4.78 is 5.35. The molecule has 0 aliphatic carbocycles. The number of nitrogens with two attached hydrogens (primary N) is 1. The molecule has 1 aromatic carbocycles. The second-order valence-electron chi connectivity index (χ2n) is 4.99. The zero-order valence-corrected chi connectivity index (χ0v) is 11.6. The molecule has 0 spiro atoms. The van der Waals surface area contributed by atoms with E-state index in [4.69, 9.17) is 10.5 Å². The fourth-order valence-corrected chi connectivity index (χ4v) is 2.27. The fourth-order valence-electron chi connectivity index (χ4n) is 2.27. The Morgan fingerprint density at radius 2 is 2.05 bits per heavy atom. The van der Waals surface area contributed by atoms with Crippen molar-refractivity contribution in [3.05, 3.63) is 29.3 Å². The molecule has 5 heteroatoms.